The number of para-hydroxylation sites is 1. The Morgan fingerprint density at radius 2 is 1.95 bits per heavy atom. The summed E-state index contributed by atoms with van der Waals surface area (Å²) in [6, 6.07) is 13.4. The lowest BCUT2D eigenvalue weighted by molar-refractivity contribution is 0.415. The van der Waals surface area contributed by atoms with Crippen LogP contribution in [0.5, 0.6) is 5.75 Å². The molecule has 1 aromatic heterocycles. The fourth-order valence-corrected chi connectivity index (χ4v) is 2.70. The van der Waals surface area contributed by atoms with E-state index in [9.17, 15) is 0 Å². The van der Waals surface area contributed by atoms with Gasteiger partial charge < -0.3 is 15.0 Å². The van der Waals surface area contributed by atoms with Crippen LogP contribution in [0.15, 0.2) is 42.5 Å². The summed E-state index contributed by atoms with van der Waals surface area (Å²) in [5, 5.41) is 5.67. The molecule has 0 bridgehead atoms. The van der Waals surface area contributed by atoms with Crippen molar-refractivity contribution in [2.75, 3.05) is 12.4 Å². The number of anilines is 1. The minimum atomic E-state index is 0.556. The summed E-state index contributed by atoms with van der Waals surface area (Å²) in [5.41, 5.74) is 2.76. The zero-order valence-electron chi connectivity index (χ0n) is 11.4. The van der Waals surface area contributed by atoms with E-state index >= 15 is 0 Å². The lowest BCUT2D eigenvalue weighted by Gasteiger charge is -2.09. The van der Waals surface area contributed by atoms with Crippen LogP contribution in [0.2, 0.25) is 10.0 Å². The van der Waals surface area contributed by atoms with Crippen molar-refractivity contribution in [3.63, 3.8) is 0 Å². The van der Waals surface area contributed by atoms with Gasteiger partial charge in [-0.05, 0) is 18.2 Å². The molecule has 0 atom stereocenters. The molecule has 0 amide bonds. The van der Waals surface area contributed by atoms with Crippen LogP contribution < -0.4 is 10.1 Å². The highest BCUT2D eigenvalue weighted by Gasteiger charge is 2.09. The number of nitrogens with one attached hydrogen (secondary N) is 2. The predicted molar refractivity (Wildman–Crippen MR) is 88.6 cm³/mol. The van der Waals surface area contributed by atoms with E-state index in [1.165, 1.54) is 0 Å². The van der Waals surface area contributed by atoms with Gasteiger partial charge in [0.05, 0.1) is 35.1 Å². The zero-order chi connectivity index (χ0) is 14.8. The highest BCUT2D eigenvalue weighted by Crippen LogP contribution is 2.30. The van der Waals surface area contributed by atoms with E-state index < -0.39 is 0 Å². The lowest BCUT2D eigenvalue weighted by Crippen LogP contribution is -2.01. The van der Waals surface area contributed by atoms with Crippen molar-refractivity contribution in [2.24, 2.45) is 0 Å². The van der Waals surface area contributed by atoms with Gasteiger partial charge in [-0.25, -0.2) is 0 Å². The Kier molecular flexibility index (Phi) is 3.95. The van der Waals surface area contributed by atoms with E-state index in [1.807, 2.05) is 36.4 Å². The van der Waals surface area contributed by atoms with Gasteiger partial charge in [0.25, 0.3) is 0 Å². The Morgan fingerprint density at radius 1 is 1.14 bits per heavy atom. The van der Waals surface area contributed by atoms with Crippen LogP contribution in [-0.4, -0.2) is 12.1 Å². The third kappa shape index (κ3) is 2.80. The van der Waals surface area contributed by atoms with E-state index in [4.69, 9.17) is 27.9 Å². The van der Waals surface area contributed by atoms with Gasteiger partial charge in [-0.1, -0.05) is 41.4 Å². The molecule has 2 N–H and O–H groups in total. The topological polar surface area (TPSA) is 37.0 Å². The first-order valence-corrected chi connectivity index (χ1v) is 7.27. The lowest BCUT2D eigenvalue weighted by atomic mass is 10.2. The van der Waals surface area contributed by atoms with Crippen molar-refractivity contribution >= 4 is 39.8 Å². The molecule has 0 aliphatic heterocycles. The highest BCUT2D eigenvalue weighted by molar-refractivity contribution is 6.36. The Morgan fingerprint density at radius 3 is 2.71 bits per heavy atom. The van der Waals surface area contributed by atoms with Gasteiger partial charge >= 0.3 is 0 Å². The van der Waals surface area contributed by atoms with Gasteiger partial charge in [0.15, 0.2) is 0 Å². The van der Waals surface area contributed by atoms with Gasteiger partial charge in [-0.2, -0.15) is 0 Å². The molecule has 108 valence electrons. The maximum Gasteiger partial charge on any atom is 0.121 e. The molecule has 0 saturated carbocycles. The normalized spacial score (nSPS) is 10.8. The fraction of sp³-hybridized carbons (Fsp3) is 0.125. The second kappa shape index (κ2) is 5.88. The Hall–Kier alpha value is -1.84. The van der Waals surface area contributed by atoms with E-state index in [1.54, 1.807) is 13.2 Å². The first kappa shape index (κ1) is 14.1. The van der Waals surface area contributed by atoms with Gasteiger partial charge in [0, 0.05) is 17.0 Å². The first-order chi connectivity index (χ1) is 10.2. The predicted octanol–water partition coefficient (Wildman–Crippen LogP) is 5.10. The third-order valence-electron chi connectivity index (χ3n) is 3.34. The highest BCUT2D eigenvalue weighted by atomic mass is 35.5. The Bertz CT molecular complexity index is 783. The molecule has 0 aliphatic carbocycles. The smallest absolute Gasteiger partial charge is 0.121 e. The standard InChI is InChI=1S/C16H14Cl2N2O/c1-21-10-6-7-12(17)14(8-10)19-9-15-16(18)11-4-2-3-5-13(11)20-15/h2-8,19-20H,9H2,1H3. The Balaban J connectivity index is 1.85. The van der Waals surface area contributed by atoms with Crippen LogP contribution in [0.3, 0.4) is 0 Å². The van der Waals surface area contributed by atoms with E-state index in [0.717, 1.165) is 33.1 Å². The average molecular weight is 321 g/mol. The number of hydrogen-bond acceptors (Lipinski definition) is 2. The number of fused-ring (bicyclic) bond motifs is 1. The molecule has 1 heterocycles. The number of rotatable bonds is 4. The summed E-state index contributed by atoms with van der Waals surface area (Å²) < 4.78 is 5.20. The van der Waals surface area contributed by atoms with Gasteiger partial charge in [-0.15, -0.1) is 0 Å². The molecule has 0 unspecified atom stereocenters. The van der Waals surface area contributed by atoms with Crippen molar-refractivity contribution in [3.05, 3.63) is 58.2 Å². The molecule has 21 heavy (non-hydrogen) atoms. The van der Waals surface area contributed by atoms with E-state index in [0.29, 0.717) is 11.6 Å². The van der Waals surface area contributed by atoms with Crippen LogP contribution in [0.25, 0.3) is 10.9 Å². The molecule has 0 fully saturated rings. The molecule has 5 heteroatoms. The molecule has 2 aromatic carbocycles. The van der Waals surface area contributed by atoms with Crippen molar-refractivity contribution < 1.29 is 4.74 Å². The molecule has 3 aromatic rings. The van der Waals surface area contributed by atoms with E-state index in [-0.39, 0.29) is 0 Å². The summed E-state index contributed by atoms with van der Waals surface area (Å²) in [4.78, 5) is 3.31. The largest absolute Gasteiger partial charge is 0.497 e. The van der Waals surface area contributed by atoms with Crippen LogP contribution in [0, 0.1) is 0 Å². The minimum Gasteiger partial charge on any atom is -0.497 e. The number of aromatic amines is 1. The summed E-state index contributed by atoms with van der Waals surface area (Å²) in [6.45, 7) is 0.556. The maximum atomic E-state index is 6.39. The molecular weight excluding hydrogens is 307 g/mol. The summed E-state index contributed by atoms with van der Waals surface area (Å²) in [7, 11) is 1.63. The first-order valence-electron chi connectivity index (χ1n) is 6.51. The monoisotopic (exact) mass is 320 g/mol. The molecule has 0 radical (unpaired) electrons. The van der Waals surface area contributed by atoms with Crippen LogP contribution in [-0.2, 0) is 6.54 Å². The quantitative estimate of drug-likeness (QED) is 0.702. The zero-order valence-corrected chi connectivity index (χ0v) is 12.9. The van der Waals surface area contributed by atoms with Crippen molar-refractivity contribution in [2.45, 2.75) is 6.54 Å². The van der Waals surface area contributed by atoms with Gasteiger partial charge in [0.2, 0.25) is 0 Å². The maximum absolute atomic E-state index is 6.39. The SMILES string of the molecule is COc1ccc(Cl)c(NCc2[nH]c3ccccc3c2Cl)c1. The van der Waals surface area contributed by atoms with Crippen LogP contribution >= 0.6 is 23.2 Å². The molecule has 0 saturated heterocycles. The summed E-state index contributed by atoms with van der Waals surface area (Å²) >= 11 is 12.6. The molecule has 3 nitrogen and oxygen atoms in total. The Labute approximate surface area is 132 Å². The van der Waals surface area contributed by atoms with Gasteiger partial charge in [-0.3, -0.25) is 0 Å². The van der Waals surface area contributed by atoms with Gasteiger partial charge in [0.1, 0.15) is 5.75 Å². The minimum absolute atomic E-state index is 0.556. The number of halogens is 2. The van der Waals surface area contributed by atoms with Crippen LogP contribution in [0.1, 0.15) is 5.69 Å². The fourth-order valence-electron chi connectivity index (χ4n) is 2.24. The second-order valence-electron chi connectivity index (χ2n) is 4.66. The van der Waals surface area contributed by atoms with Crippen molar-refractivity contribution in [3.8, 4) is 5.75 Å². The number of benzene rings is 2. The molecule has 3 rings (SSSR count). The average Bonchev–Trinajstić information content (AvgIpc) is 2.83. The third-order valence-corrected chi connectivity index (χ3v) is 4.10. The number of methoxy groups -OCH3 is 1. The number of aromatic nitrogens is 1. The molecule has 0 spiro atoms. The number of H-pyrrole nitrogens is 1. The van der Waals surface area contributed by atoms with E-state index in [2.05, 4.69) is 10.3 Å². The number of ether oxygens (including phenoxy) is 1. The van der Waals surface area contributed by atoms with Crippen molar-refractivity contribution in [1.82, 2.24) is 4.98 Å². The summed E-state index contributed by atoms with van der Waals surface area (Å²) in [5.74, 6) is 0.754. The summed E-state index contributed by atoms with van der Waals surface area (Å²) in [6.07, 6.45) is 0. The second-order valence-corrected chi connectivity index (χ2v) is 5.45. The van der Waals surface area contributed by atoms with Crippen LogP contribution in [0.4, 0.5) is 5.69 Å². The molecular formula is C16H14Cl2N2O. The molecule has 0 aliphatic rings. The van der Waals surface area contributed by atoms with Crippen molar-refractivity contribution in [1.29, 1.82) is 0 Å². The number of hydrogen-bond donors (Lipinski definition) is 2.